The number of Topliss-reactive ketones (excluding diaryl/α,β-unsaturated/α-hetero) is 1. The van der Waals surface area contributed by atoms with Gasteiger partial charge < -0.3 is 9.47 Å². The summed E-state index contributed by atoms with van der Waals surface area (Å²) in [5, 5.41) is 10.6. The number of hydrogen-bond donors (Lipinski definition) is 1. The number of rotatable bonds is 9. The third-order valence-electron chi connectivity index (χ3n) is 4.40. The number of carbonyl (C=O) groups excluding carboxylic acids is 5. The highest BCUT2D eigenvalue weighted by Crippen LogP contribution is 2.28. The number of ketones is 1. The minimum absolute atomic E-state index is 0.0718. The number of nitrogens with one attached hydrogen (secondary N) is 1. The lowest BCUT2D eigenvalue weighted by Gasteiger charge is -2.19. The Balaban J connectivity index is 1.58. The SMILES string of the molecule is CCOC(=O)Cc1nnc(NC(=O)[C@H](CC)OC(=O)CN2C(=O)C(=O)c3ccccc32)s1. The van der Waals surface area contributed by atoms with E-state index in [0.29, 0.717) is 10.7 Å². The maximum atomic E-state index is 12.5. The highest BCUT2D eigenvalue weighted by atomic mass is 32.1. The van der Waals surface area contributed by atoms with Crippen molar-refractivity contribution in [3.63, 3.8) is 0 Å². The molecule has 2 heterocycles. The molecule has 12 heteroatoms. The molecule has 1 aliphatic rings. The summed E-state index contributed by atoms with van der Waals surface area (Å²) in [5.74, 6) is -3.47. The normalized spacial score (nSPS) is 13.5. The predicted octanol–water partition coefficient (Wildman–Crippen LogP) is 1.13. The minimum atomic E-state index is -1.15. The molecule has 0 radical (unpaired) electrons. The molecule has 0 saturated carbocycles. The van der Waals surface area contributed by atoms with Gasteiger partial charge in [0.1, 0.15) is 11.6 Å². The fraction of sp³-hybridized carbons (Fsp3) is 0.350. The lowest BCUT2D eigenvalue weighted by molar-refractivity contribution is -0.153. The Morgan fingerprint density at radius 3 is 2.59 bits per heavy atom. The van der Waals surface area contributed by atoms with Crippen LogP contribution in [-0.2, 0) is 35.1 Å². The summed E-state index contributed by atoms with van der Waals surface area (Å²) in [6, 6.07) is 6.32. The number of para-hydroxylation sites is 1. The Labute approximate surface area is 186 Å². The molecule has 0 aliphatic carbocycles. The number of anilines is 2. The van der Waals surface area contributed by atoms with E-state index in [9.17, 15) is 24.0 Å². The molecule has 3 rings (SSSR count). The van der Waals surface area contributed by atoms with Crippen LogP contribution in [0.3, 0.4) is 0 Å². The van der Waals surface area contributed by atoms with Crippen LogP contribution >= 0.6 is 11.3 Å². The average molecular weight is 460 g/mol. The van der Waals surface area contributed by atoms with Gasteiger partial charge in [0.25, 0.3) is 17.6 Å². The first-order chi connectivity index (χ1) is 15.3. The molecular formula is C20H20N4O7S. The number of ether oxygens (including phenoxy) is 2. The topological polar surface area (TPSA) is 145 Å². The fourth-order valence-corrected chi connectivity index (χ4v) is 3.68. The van der Waals surface area contributed by atoms with Gasteiger partial charge in [-0.3, -0.25) is 34.2 Å². The molecule has 1 N–H and O–H groups in total. The molecular weight excluding hydrogens is 440 g/mol. The summed E-state index contributed by atoms with van der Waals surface area (Å²) in [7, 11) is 0. The second kappa shape index (κ2) is 10.1. The van der Waals surface area contributed by atoms with E-state index in [-0.39, 0.29) is 30.1 Å². The van der Waals surface area contributed by atoms with Gasteiger partial charge in [0.15, 0.2) is 6.10 Å². The van der Waals surface area contributed by atoms with Crippen LogP contribution in [0.5, 0.6) is 0 Å². The van der Waals surface area contributed by atoms with E-state index in [1.165, 1.54) is 6.07 Å². The number of carbonyl (C=O) groups is 5. The number of nitrogens with zero attached hydrogens (tertiary/aromatic N) is 3. The van der Waals surface area contributed by atoms with Crippen LogP contribution in [0.25, 0.3) is 0 Å². The van der Waals surface area contributed by atoms with Crippen molar-refractivity contribution in [1.29, 1.82) is 0 Å². The Bertz CT molecular complexity index is 1070. The average Bonchev–Trinajstić information content (AvgIpc) is 3.30. The van der Waals surface area contributed by atoms with Gasteiger partial charge in [-0.15, -0.1) is 10.2 Å². The van der Waals surface area contributed by atoms with Gasteiger partial charge >= 0.3 is 11.9 Å². The number of hydrogen-bond acceptors (Lipinski definition) is 10. The van der Waals surface area contributed by atoms with E-state index in [0.717, 1.165) is 16.2 Å². The first-order valence-electron chi connectivity index (χ1n) is 9.77. The Morgan fingerprint density at radius 2 is 1.88 bits per heavy atom. The fourth-order valence-electron chi connectivity index (χ4n) is 2.95. The van der Waals surface area contributed by atoms with Crippen LogP contribution in [-0.4, -0.2) is 59.0 Å². The molecule has 32 heavy (non-hydrogen) atoms. The molecule has 0 fully saturated rings. The molecule has 0 saturated heterocycles. The summed E-state index contributed by atoms with van der Waals surface area (Å²) in [6.07, 6.45) is -1.06. The monoisotopic (exact) mass is 460 g/mol. The van der Waals surface area contributed by atoms with Crippen LogP contribution in [0.4, 0.5) is 10.8 Å². The Morgan fingerprint density at radius 1 is 1.12 bits per heavy atom. The lowest BCUT2D eigenvalue weighted by atomic mass is 10.1. The van der Waals surface area contributed by atoms with E-state index < -0.39 is 42.2 Å². The largest absolute Gasteiger partial charge is 0.466 e. The molecule has 0 bridgehead atoms. The van der Waals surface area contributed by atoms with Crippen LogP contribution in [0.1, 0.15) is 35.6 Å². The molecule has 1 aromatic heterocycles. The summed E-state index contributed by atoms with van der Waals surface area (Å²) in [6.45, 7) is 3.07. The number of amides is 2. The van der Waals surface area contributed by atoms with Crippen LogP contribution < -0.4 is 10.2 Å². The predicted molar refractivity (Wildman–Crippen MR) is 112 cm³/mol. The van der Waals surface area contributed by atoms with Gasteiger partial charge in [0.05, 0.1) is 24.3 Å². The van der Waals surface area contributed by atoms with Crippen LogP contribution in [0.2, 0.25) is 0 Å². The molecule has 1 atom stereocenters. The number of benzene rings is 1. The molecule has 0 unspecified atom stereocenters. The molecule has 1 aliphatic heterocycles. The third kappa shape index (κ3) is 5.14. The van der Waals surface area contributed by atoms with Gasteiger partial charge in [-0.05, 0) is 25.5 Å². The summed E-state index contributed by atoms with van der Waals surface area (Å²) < 4.78 is 10.1. The Hall–Kier alpha value is -3.67. The van der Waals surface area contributed by atoms with Crippen molar-refractivity contribution in [2.75, 3.05) is 23.4 Å². The van der Waals surface area contributed by atoms with E-state index in [4.69, 9.17) is 9.47 Å². The zero-order chi connectivity index (χ0) is 23.3. The second-order valence-electron chi connectivity index (χ2n) is 6.60. The number of fused-ring (bicyclic) bond motifs is 1. The van der Waals surface area contributed by atoms with Gasteiger partial charge in [-0.2, -0.15) is 0 Å². The second-order valence-corrected chi connectivity index (χ2v) is 7.66. The summed E-state index contributed by atoms with van der Waals surface area (Å²) >= 11 is 0.995. The molecule has 1 aromatic carbocycles. The molecule has 2 amide bonds. The van der Waals surface area contributed by atoms with E-state index >= 15 is 0 Å². The first-order valence-corrected chi connectivity index (χ1v) is 10.6. The van der Waals surface area contributed by atoms with E-state index in [1.807, 2.05) is 0 Å². The Kier molecular flexibility index (Phi) is 7.25. The van der Waals surface area contributed by atoms with Gasteiger partial charge in [0, 0.05) is 0 Å². The standard InChI is InChI=1S/C20H20N4O7S/c1-3-13(18(28)21-20-23-22-14(32-20)9-15(25)30-4-2)31-16(26)10-24-12-8-6-5-7-11(12)17(27)19(24)29/h5-8,13H,3-4,9-10H2,1-2H3,(H,21,23,28)/t13-/m0/s1. The van der Waals surface area contributed by atoms with Crippen LogP contribution in [0, 0.1) is 0 Å². The zero-order valence-corrected chi connectivity index (χ0v) is 18.1. The van der Waals surface area contributed by atoms with Crippen molar-refractivity contribution in [1.82, 2.24) is 10.2 Å². The van der Waals surface area contributed by atoms with Gasteiger partial charge in [-0.1, -0.05) is 30.4 Å². The van der Waals surface area contributed by atoms with E-state index in [1.54, 1.807) is 32.0 Å². The van der Waals surface area contributed by atoms with Crippen molar-refractivity contribution in [3.8, 4) is 0 Å². The maximum absolute atomic E-state index is 12.5. The summed E-state index contributed by atoms with van der Waals surface area (Å²) in [4.78, 5) is 61.6. The quantitative estimate of drug-likeness (QED) is 0.430. The third-order valence-corrected chi connectivity index (χ3v) is 5.24. The number of aromatic nitrogens is 2. The van der Waals surface area contributed by atoms with Crippen LogP contribution in [0.15, 0.2) is 24.3 Å². The minimum Gasteiger partial charge on any atom is -0.466 e. The molecule has 0 spiro atoms. The lowest BCUT2D eigenvalue weighted by Crippen LogP contribution is -2.39. The van der Waals surface area contributed by atoms with Crippen molar-refractivity contribution in [2.24, 2.45) is 0 Å². The molecule has 2 aromatic rings. The van der Waals surface area contributed by atoms with Crippen molar-refractivity contribution in [2.45, 2.75) is 32.8 Å². The van der Waals surface area contributed by atoms with E-state index in [2.05, 4.69) is 15.5 Å². The first kappa shape index (κ1) is 23.0. The zero-order valence-electron chi connectivity index (χ0n) is 17.3. The number of esters is 2. The van der Waals surface area contributed by atoms with Crippen molar-refractivity contribution < 1.29 is 33.4 Å². The smallest absolute Gasteiger partial charge is 0.326 e. The van der Waals surface area contributed by atoms with Gasteiger partial charge in [-0.25, -0.2) is 0 Å². The highest BCUT2D eigenvalue weighted by Gasteiger charge is 2.37. The van der Waals surface area contributed by atoms with Crippen molar-refractivity contribution in [3.05, 3.63) is 34.8 Å². The van der Waals surface area contributed by atoms with Gasteiger partial charge in [0.2, 0.25) is 5.13 Å². The molecule has 168 valence electrons. The molecule has 11 nitrogen and oxygen atoms in total. The highest BCUT2D eigenvalue weighted by molar-refractivity contribution is 7.15. The maximum Gasteiger partial charge on any atom is 0.326 e. The summed E-state index contributed by atoms with van der Waals surface area (Å²) in [5.41, 5.74) is 0.532. The van der Waals surface area contributed by atoms with Crippen molar-refractivity contribution >= 4 is 51.7 Å².